The molecular weight excluding hydrogens is 212 g/mol. The van der Waals surface area contributed by atoms with E-state index in [9.17, 15) is 4.79 Å². The van der Waals surface area contributed by atoms with E-state index < -0.39 is 0 Å². The van der Waals surface area contributed by atoms with Crippen LogP contribution in [0.15, 0.2) is 0 Å². The number of carbonyl (C=O) groups excluding carboxylic acids is 1. The van der Waals surface area contributed by atoms with Crippen LogP contribution in [0.25, 0.3) is 0 Å². The average molecular weight is 236 g/mol. The minimum atomic E-state index is -0.0844. The minimum Gasteiger partial charge on any atom is -0.459 e. The first kappa shape index (κ1) is 11.6. The molecule has 2 heteroatoms. The summed E-state index contributed by atoms with van der Waals surface area (Å²) in [6, 6.07) is 0. The van der Waals surface area contributed by atoms with Crippen LogP contribution in [0.5, 0.6) is 0 Å². The molecule has 0 aromatic carbocycles. The van der Waals surface area contributed by atoms with Gasteiger partial charge in [0, 0.05) is 0 Å². The van der Waals surface area contributed by atoms with E-state index in [0.717, 1.165) is 31.6 Å². The van der Waals surface area contributed by atoms with Crippen molar-refractivity contribution in [2.24, 2.45) is 17.8 Å². The van der Waals surface area contributed by atoms with Crippen molar-refractivity contribution >= 4 is 5.97 Å². The summed E-state index contributed by atoms with van der Waals surface area (Å²) in [7, 11) is 0. The van der Waals surface area contributed by atoms with Crippen LogP contribution in [0, 0.1) is 17.8 Å². The number of ether oxygens (including phenoxy) is 1. The summed E-state index contributed by atoms with van der Waals surface area (Å²) >= 11 is 0. The zero-order chi connectivity index (χ0) is 11.9. The van der Waals surface area contributed by atoms with Gasteiger partial charge in [-0.15, -0.1) is 0 Å². The van der Waals surface area contributed by atoms with Gasteiger partial charge < -0.3 is 4.74 Å². The average Bonchev–Trinajstić information content (AvgIpc) is 3.04. The van der Waals surface area contributed by atoms with E-state index in [1.165, 1.54) is 32.1 Å². The molecule has 3 atom stereocenters. The Balaban J connectivity index is 1.63. The molecule has 3 aliphatic carbocycles. The molecule has 0 aliphatic heterocycles. The smallest absolute Gasteiger partial charge is 0.309 e. The first-order chi connectivity index (χ1) is 8.22. The molecule has 0 radical (unpaired) electrons. The Bertz CT molecular complexity index is 304. The highest BCUT2D eigenvalue weighted by Crippen LogP contribution is 2.49. The highest BCUT2D eigenvalue weighted by molar-refractivity contribution is 5.74. The Morgan fingerprint density at radius 2 is 2.00 bits per heavy atom. The van der Waals surface area contributed by atoms with Crippen molar-refractivity contribution in [2.45, 2.75) is 70.3 Å². The van der Waals surface area contributed by atoms with Crippen LogP contribution in [-0.4, -0.2) is 11.6 Å². The maximum Gasteiger partial charge on any atom is 0.309 e. The molecule has 3 fully saturated rings. The monoisotopic (exact) mass is 236 g/mol. The Labute approximate surface area is 104 Å². The van der Waals surface area contributed by atoms with E-state index in [2.05, 4.69) is 6.92 Å². The molecule has 0 N–H and O–H groups in total. The molecule has 0 heterocycles. The van der Waals surface area contributed by atoms with Gasteiger partial charge in [-0.1, -0.05) is 13.3 Å². The molecule has 3 rings (SSSR count). The van der Waals surface area contributed by atoms with Crippen molar-refractivity contribution in [3.05, 3.63) is 0 Å². The summed E-state index contributed by atoms with van der Waals surface area (Å²) in [5.74, 6) is 1.88. The number of hydrogen-bond donors (Lipinski definition) is 0. The van der Waals surface area contributed by atoms with Gasteiger partial charge in [0.05, 0.1) is 5.92 Å². The van der Waals surface area contributed by atoms with Gasteiger partial charge >= 0.3 is 5.97 Å². The van der Waals surface area contributed by atoms with Crippen molar-refractivity contribution in [2.75, 3.05) is 0 Å². The normalized spacial score (nSPS) is 38.5. The zero-order valence-electron chi connectivity index (χ0n) is 10.9. The fourth-order valence-corrected chi connectivity index (χ4v) is 4.37. The maximum absolute atomic E-state index is 12.3. The molecule has 3 saturated carbocycles. The van der Waals surface area contributed by atoms with Gasteiger partial charge in [-0.2, -0.15) is 0 Å². The third-order valence-electron chi connectivity index (χ3n) is 5.52. The van der Waals surface area contributed by atoms with Crippen LogP contribution in [0.2, 0.25) is 0 Å². The number of rotatable bonds is 3. The van der Waals surface area contributed by atoms with Crippen molar-refractivity contribution in [3.63, 3.8) is 0 Å². The van der Waals surface area contributed by atoms with Gasteiger partial charge in [0.25, 0.3) is 0 Å². The third kappa shape index (κ3) is 2.00. The molecule has 0 aromatic heterocycles. The fourth-order valence-electron chi connectivity index (χ4n) is 4.37. The quantitative estimate of drug-likeness (QED) is 0.699. The van der Waals surface area contributed by atoms with Gasteiger partial charge in [0.1, 0.15) is 5.60 Å². The number of carbonyl (C=O) groups is 1. The van der Waals surface area contributed by atoms with Crippen LogP contribution in [0.4, 0.5) is 0 Å². The summed E-state index contributed by atoms with van der Waals surface area (Å²) in [5, 5.41) is 0. The Hall–Kier alpha value is -0.530. The molecule has 3 aliphatic rings. The number of hydrogen-bond acceptors (Lipinski definition) is 2. The summed E-state index contributed by atoms with van der Waals surface area (Å²) in [5.41, 5.74) is -0.0844. The van der Waals surface area contributed by atoms with Gasteiger partial charge in [0.2, 0.25) is 0 Å². The zero-order valence-corrected chi connectivity index (χ0v) is 10.9. The molecule has 0 aromatic rings. The SMILES string of the molecule is CCC1(OC(=O)C2CC3CCC2C3)CCCC1. The van der Waals surface area contributed by atoms with E-state index >= 15 is 0 Å². The Morgan fingerprint density at radius 1 is 1.24 bits per heavy atom. The van der Waals surface area contributed by atoms with Crippen LogP contribution >= 0.6 is 0 Å². The maximum atomic E-state index is 12.3. The molecule has 2 bridgehead atoms. The molecule has 2 nitrogen and oxygen atoms in total. The molecule has 3 unspecified atom stereocenters. The summed E-state index contributed by atoms with van der Waals surface area (Å²) in [6.07, 6.45) is 10.7. The highest BCUT2D eigenvalue weighted by atomic mass is 16.6. The third-order valence-corrected chi connectivity index (χ3v) is 5.52. The van der Waals surface area contributed by atoms with Crippen molar-refractivity contribution in [1.29, 1.82) is 0 Å². The second kappa shape index (κ2) is 4.29. The van der Waals surface area contributed by atoms with Gasteiger partial charge in [-0.05, 0) is 63.2 Å². The van der Waals surface area contributed by atoms with Gasteiger partial charge in [-0.3, -0.25) is 4.79 Å². The molecule has 0 amide bonds. The van der Waals surface area contributed by atoms with Crippen molar-refractivity contribution < 1.29 is 9.53 Å². The molecule has 0 spiro atoms. The Kier molecular flexibility index (Phi) is 2.92. The largest absolute Gasteiger partial charge is 0.459 e. The lowest BCUT2D eigenvalue weighted by Gasteiger charge is -2.31. The molecule has 96 valence electrons. The summed E-state index contributed by atoms with van der Waals surface area (Å²) < 4.78 is 5.95. The summed E-state index contributed by atoms with van der Waals surface area (Å²) in [6.45, 7) is 2.17. The van der Waals surface area contributed by atoms with E-state index in [4.69, 9.17) is 4.74 Å². The lowest BCUT2D eigenvalue weighted by Crippen LogP contribution is -2.35. The number of fused-ring (bicyclic) bond motifs is 2. The first-order valence-electron chi connectivity index (χ1n) is 7.45. The summed E-state index contributed by atoms with van der Waals surface area (Å²) in [4.78, 5) is 12.3. The lowest BCUT2D eigenvalue weighted by atomic mass is 9.88. The highest BCUT2D eigenvalue weighted by Gasteiger charge is 2.46. The predicted octanol–water partition coefficient (Wildman–Crippen LogP) is 3.69. The second-order valence-electron chi connectivity index (χ2n) is 6.45. The van der Waals surface area contributed by atoms with Crippen LogP contribution < -0.4 is 0 Å². The van der Waals surface area contributed by atoms with E-state index in [0.29, 0.717) is 5.92 Å². The first-order valence-corrected chi connectivity index (χ1v) is 7.45. The topological polar surface area (TPSA) is 26.3 Å². The Morgan fingerprint density at radius 3 is 2.53 bits per heavy atom. The van der Waals surface area contributed by atoms with Crippen LogP contribution in [-0.2, 0) is 9.53 Å². The van der Waals surface area contributed by atoms with E-state index in [1.807, 2.05) is 0 Å². The van der Waals surface area contributed by atoms with Crippen LogP contribution in [0.3, 0.4) is 0 Å². The molecule has 0 saturated heterocycles. The van der Waals surface area contributed by atoms with Gasteiger partial charge in [-0.25, -0.2) is 0 Å². The van der Waals surface area contributed by atoms with Crippen LogP contribution in [0.1, 0.15) is 64.7 Å². The van der Waals surface area contributed by atoms with Gasteiger partial charge in [0.15, 0.2) is 0 Å². The van der Waals surface area contributed by atoms with Crippen molar-refractivity contribution in [1.82, 2.24) is 0 Å². The molecule has 17 heavy (non-hydrogen) atoms. The lowest BCUT2D eigenvalue weighted by molar-refractivity contribution is -0.166. The standard InChI is InChI=1S/C15H24O2/c1-2-15(7-3-4-8-15)17-14(16)13-10-11-5-6-12(13)9-11/h11-13H,2-10H2,1H3. The number of esters is 1. The van der Waals surface area contributed by atoms with E-state index in [1.54, 1.807) is 0 Å². The predicted molar refractivity (Wildman–Crippen MR) is 66.5 cm³/mol. The van der Waals surface area contributed by atoms with Crippen molar-refractivity contribution in [3.8, 4) is 0 Å². The van der Waals surface area contributed by atoms with E-state index in [-0.39, 0.29) is 17.5 Å². The molecular formula is C15H24O2. The minimum absolute atomic E-state index is 0.0844. The second-order valence-corrected chi connectivity index (χ2v) is 6.45. The fraction of sp³-hybridized carbons (Fsp3) is 0.933.